The molecule has 7 heteroatoms. The van der Waals surface area contributed by atoms with Gasteiger partial charge in [0, 0.05) is 24.2 Å². The van der Waals surface area contributed by atoms with Crippen molar-refractivity contribution in [1.29, 1.82) is 0 Å². The molecule has 0 unspecified atom stereocenters. The molecular formula is C21H26ClNO5. The van der Waals surface area contributed by atoms with Gasteiger partial charge in [-0.05, 0) is 50.2 Å². The molecule has 0 aliphatic heterocycles. The lowest BCUT2D eigenvalue weighted by Crippen LogP contribution is -2.47. The van der Waals surface area contributed by atoms with Gasteiger partial charge in [0.05, 0.1) is 21.3 Å². The van der Waals surface area contributed by atoms with Crippen molar-refractivity contribution in [1.82, 2.24) is 4.90 Å². The first-order valence-corrected chi connectivity index (χ1v) is 9.09. The lowest BCUT2D eigenvalue weighted by molar-refractivity contribution is -0.144. The third-order valence-electron chi connectivity index (χ3n) is 4.24. The number of amides is 1. The normalized spacial score (nSPS) is 11.0. The maximum absolute atomic E-state index is 13.0. The van der Waals surface area contributed by atoms with Crippen molar-refractivity contribution < 1.29 is 23.7 Å². The highest BCUT2D eigenvalue weighted by atomic mass is 35.5. The van der Waals surface area contributed by atoms with Crippen molar-refractivity contribution >= 4 is 17.5 Å². The number of benzene rings is 2. The molecule has 28 heavy (non-hydrogen) atoms. The van der Waals surface area contributed by atoms with Gasteiger partial charge in [-0.2, -0.15) is 0 Å². The fourth-order valence-electron chi connectivity index (χ4n) is 2.92. The molecule has 2 aromatic rings. The highest BCUT2D eigenvalue weighted by Crippen LogP contribution is 2.40. The zero-order valence-corrected chi connectivity index (χ0v) is 17.8. The molecule has 0 aliphatic rings. The molecule has 152 valence electrons. The number of hydrogen-bond acceptors (Lipinski definition) is 5. The van der Waals surface area contributed by atoms with Crippen LogP contribution in [0, 0.1) is 0 Å². The first kappa shape index (κ1) is 21.7. The number of nitrogens with zero attached hydrogens (tertiary/aromatic N) is 1. The Bertz CT molecular complexity index is 820. The second-order valence-electron chi connectivity index (χ2n) is 6.72. The van der Waals surface area contributed by atoms with Crippen molar-refractivity contribution in [2.75, 3.05) is 28.4 Å². The Morgan fingerprint density at radius 2 is 1.57 bits per heavy atom. The summed E-state index contributed by atoms with van der Waals surface area (Å²) in [5.74, 6) is 1.96. The van der Waals surface area contributed by atoms with Gasteiger partial charge in [0.1, 0.15) is 5.75 Å². The number of halogens is 1. The molecule has 0 heterocycles. The van der Waals surface area contributed by atoms with Crippen LogP contribution < -0.4 is 18.9 Å². The number of rotatable bonds is 8. The van der Waals surface area contributed by atoms with Crippen molar-refractivity contribution in [2.45, 2.75) is 26.0 Å². The summed E-state index contributed by atoms with van der Waals surface area (Å²) in [5, 5.41) is 0.606. The van der Waals surface area contributed by atoms with E-state index in [1.165, 1.54) is 0 Å². The summed E-state index contributed by atoms with van der Waals surface area (Å²) >= 11 is 5.90. The Morgan fingerprint density at radius 1 is 0.964 bits per heavy atom. The lowest BCUT2D eigenvalue weighted by atomic mass is 10.1. The van der Waals surface area contributed by atoms with Gasteiger partial charge in [-0.15, -0.1) is 0 Å². The van der Waals surface area contributed by atoms with E-state index in [2.05, 4.69) is 0 Å². The smallest absolute Gasteiger partial charge is 0.266 e. The molecule has 2 aromatic carbocycles. The highest BCUT2D eigenvalue weighted by molar-refractivity contribution is 6.30. The molecule has 0 radical (unpaired) electrons. The maximum Gasteiger partial charge on any atom is 0.266 e. The SMILES string of the molecule is COc1ccc(CN(C)C(=O)C(C)(C)Oc2ccc(Cl)cc2)c(OC)c1OC. The fraction of sp³-hybridized carbons (Fsp3) is 0.381. The van der Waals surface area contributed by atoms with Crippen LogP contribution in [0.2, 0.25) is 5.02 Å². The van der Waals surface area contributed by atoms with Crippen LogP contribution in [-0.2, 0) is 11.3 Å². The minimum absolute atomic E-state index is 0.181. The maximum atomic E-state index is 13.0. The minimum Gasteiger partial charge on any atom is -0.493 e. The largest absolute Gasteiger partial charge is 0.493 e. The van der Waals surface area contributed by atoms with Crippen LogP contribution in [0.5, 0.6) is 23.0 Å². The van der Waals surface area contributed by atoms with Gasteiger partial charge < -0.3 is 23.8 Å². The summed E-state index contributed by atoms with van der Waals surface area (Å²) in [6.45, 7) is 3.77. The predicted octanol–water partition coefficient (Wildman–Crippen LogP) is 4.18. The summed E-state index contributed by atoms with van der Waals surface area (Å²) in [5.41, 5.74) is -0.273. The van der Waals surface area contributed by atoms with E-state index in [9.17, 15) is 4.79 Å². The van der Waals surface area contributed by atoms with Crippen LogP contribution in [0.3, 0.4) is 0 Å². The standard InChI is InChI=1S/C21H26ClNO5/c1-21(2,28-16-10-8-15(22)9-11-16)20(24)23(3)13-14-7-12-17(25-4)19(27-6)18(14)26-5/h7-12H,13H2,1-6H3. The molecule has 0 atom stereocenters. The molecule has 0 N–H and O–H groups in total. The molecule has 0 saturated heterocycles. The van der Waals surface area contributed by atoms with E-state index in [1.807, 2.05) is 6.07 Å². The molecule has 1 amide bonds. The second-order valence-corrected chi connectivity index (χ2v) is 7.16. The van der Waals surface area contributed by atoms with E-state index in [0.29, 0.717) is 34.6 Å². The van der Waals surface area contributed by atoms with E-state index >= 15 is 0 Å². The van der Waals surface area contributed by atoms with Gasteiger partial charge in [-0.3, -0.25) is 4.79 Å². The number of ether oxygens (including phenoxy) is 4. The molecule has 0 fully saturated rings. The Kier molecular flexibility index (Phi) is 7.02. The van der Waals surface area contributed by atoms with Gasteiger partial charge in [0.2, 0.25) is 5.75 Å². The average molecular weight is 408 g/mol. The number of likely N-dealkylation sites (N-methyl/N-ethyl adjacent to an activating group) is 1. The molecular weight excluding hydrogens is 382 g/mol. The summed E-state index contributed by atoms with van der Waals surface area (Å²) in [7, 11) is 6.37. The van der Waals surface area contributed by atoms with Crippen molar-refractivity contribution in [3.8, 4) is 23.0 Å². The van der Waals surface area contributed by atoms with Crippen LogP contribution in [0.25, 0.3) is 0 Å². The average Bonchev–Trinajstić information content (AvgIpc) is 2.68. The van der Waals surface area contributed by atoms with Crippen LogP contribution in [0.1, 0.15) is 19.4 Å². The van der Waals surface area contributed by atoms with Gasteiger partial charge >= 0.3 is 0 Å². The summed E-state index contributed by atoms with van der Waals surface area (Å²) in [4.78, 5) is 14.6. The molecule has 0 aliphatic carbocycles. The summed E-state index contributed by atoms with van der Waals surface area (Å²) in [6.07, 6.45) is 0. The first-order valence-electron chi connectivity index (χ1n) is 8.71. The molecule has 0 bridgehead atoms. The molecule has 6 nitrogen and oxygen atoms in total. The molecule has 0 spiro atoms. The van der Waals surface area contributed by atoms with Crippen molar-refractivity contribution in [3.63, 3.8) is 0 Å². The van der Waals surface area contributed by atoms with E-state index in [4.69, 9.17) is 30.5 Å². The zero-order chi connectivity index (χ0) is 20.9. The zero-order valence-electron chi connectivity index (χ0n) is 17.0. The highest BCUT2D eigenvalue weighted by Gasteiger charge is 2.33. The Hall–Kier alpha value is -2.60. The minimum atomic E-state index is -1.06. The van der Waals surface area contributed by atoms with Gasteiger partial charge in [0.25, 0.3) is 5.91 Å². The second kappa shape index (κ2) is 9.06. The number of carbonyl (C=O) groups is 1. The predicted molar refractivity (Wildman–Crippen MR) is 109 cm³/mol. The van der Waals surface area contributed by atoms with Crippen molar-refractivity contribution in [2.24, 2.45) is 0 Å². The topological polar surface area (TPSA) is 57.2 Å². The Balaban J connectivity index is 2.20. The Labute approximate surface area is 170 Å². The Morgan fingerprint density at radius 3 is 2.11 bits per heavy atom. The van der Waals surface area contributed by atoms with Gasteiger partial charge in [0.15, 0.2) is 17.1 Å². The van der Waals surface area contributed by atoms with E-state index in [-0.39, 0.29) is 5.91 Å². The number of methoxy groups -OCH3 is 3. The monoisotopic (exact) mass is 407 g/mol. The quantitative estimate of drug-likeness (QED) is 0.657. The van der Waals surface area contributed by atoms with Crippen LogP contribution in [0.4, 0.5) is 0 Å². The van der Waals surface area contributed by atoms with Gasteiger partial charge in [-0.25, -0.2) is 0 Å². The van der Waals surface area contributed by atoms with Crippen LogP contribution in [-0.4, -0.2) is 44.8 Å². The van der Waals surface area contributed by atoms with E-state index < -0.39 is 5.60 Å². The number of carbonyl (C=O) groups excluding carboxylic acids is 1. The van der Waals surface area contributed by atoms with Crippen LogP contribution in [0.15, 0.2) is 36.4 Å². The third-order valence-corrected chi connectivity index (χ3v) is 4.49. The van der Waals surface area contributed by atoms with Crippen LogP contribution >= 0.6 is 11.6 Å². The van der Waals surface area contributed by atoms with E-state index in [1.54, 1.807) is 77.5 Å². The first-order chi connectivity index (χ1) is 13.2. The third kappa shape index (κ3) is 4.81. The van der Waals surface area contributed by atoms with E-state index in [0.717, 1.165) is 5.56 Å². The molecule has 2 rings (SSSR count). The number of hydrogen-bond donors (Lipinski definition) is 0. The molecule has 0 aromatic heterocycles. The summed E-state index contributed by atoms with van der Waals surface area (Å²) < 4.78 is 22.1. The fourth-order valence-corrected chi connectivity index (χ4v) is 3.04. The lowest BCUT2D eigenvalue weighted by Gasteiger charge is -2.30. The van der Waals surface area contributed by atoms with Gasteiger partial charge in [-0.1, -0.05) is 11.6 Å². The molecule has 0 saturated carbocycles. The summed E-state index contributed by atoms with van der Waals surface area (Å²) in [6, 6.07) is 10.5. The van der Waals surface area contributed by atoms with Crippen molar-refractivity contribution in [3.05, 3.63) is 47.0 Å².